The van der Waals surface area contributed by atoms with Crippen LogP contribution in [0.4, 0.5) is 0 Å². The van der Waals surface area contributed by atoms with Crippen LogP contribution in [0.2, 0.25) is 0 Å². The first kappa shape index (κ1) is 14.3. The molecule has 0 spiro atoms. The first-order valence-corrected chi connectivity index (χ1v) is 8.04. The number of nitrogens with zero attached hydrogens (tertiary/aromatic N) is 3. The lowest BCUT2D eigenvalue weighted by molar-refractivity contribution is 0.0945. The number of aromatic nitrogens is 4. The minimum atomic E-state index is 0.116. The highest BCUT2D eigenvalue weighted by Gasteiger charge is 2.13. The first-order valence-electron chi connectivity index (χ1n) is 8.04. The van der Waals surface area contributed by atoms with E-state index in [9.17, 15) is 0 Å². The molecule has 1 aromatic carbocycles. The summed E-state index contributed by atoms with van der Waals surface area (Å²) in [4.78, 5) is 4.49. The van der Waals surface area contributed by atoms with E-state index in [0.717, 1.165) is 60.6 Å². The predicted octanol–water partition coefficient (Wildman–Crippen LogP) is 3.00. The van der Waals surface area contributed by atoms with Crippen molar-refractivity contribution in [3.8, 4) is 17.1 Å². The summed E-state index contributed by atoms with van der Waals surface area (Å²) in [6.45, 7) is 4.44. The molecule has 0 radical (unpaired) electrons. The fourth-order valence-corrected chi connectivity index (χ4v) is 2.86. The van der Waals surface area contributed by atoms with Crippen LogP contribution in [0.5, 0.6) is 5.75 Å². The number of aromatic amines is 1. The van der Waals surface area contributed by atoms with Crippen molar-refractivity contribution in [2.24, 2.45) is 0 Å². The van der Waals surface area contributed by atoms with Crippen molar-refractivity contribution in [2.75, 3.05) is 13.2 Å². The number of H-pyrrole nitrogens is 1. The minimum absolute atomic E-state index is 0.116. The van der Waals surface area contributed by atoms with Gasteiger partial charge in [-0.1, -0.05) is 0 Å². The standard InChI is InChI=1S/C17H20N4O2/c1-12-5-8-22-7-2-6-21-10-16(18-11-21)17-14-9-13(23-12)3-4-15(14)19-20-17/h3-4,9-12H,2,5-8H2,1H3,(H,19,20)/t12-/m0/s1. The van der Waals surface area contributed by atoms with Gasteiger partial charge in [0, 0.05) is 31.2 Å². The zero-order valence-electron chi connectivity index (χ0n) is 13.2. The van der Waals surface area contributed by atoms with Gasteiger partial charge in [-0.15, -0.1) is 0 Å². The molecule has 6 heteroatoms. The molecule has 4 bridgehead atoms. The molecule has 1 aliphatic rings. The van der Waals surface area contributed by atoms with Crippen molar-refractivity contribution in [3.05, 3.63) is 30.7 Å². The third-order valence-corrected chi connectivity index (χ3v) is 4.12. The van der Waals surface area contributed by atoms with Gasteiger partial charge in [-0.2, -0.15) is 5.10 Å². The van der Waals surface area contributed by atoms with Crippen molar-refractivity contribution in [3.63, 3.8) is 0 Å². The van der Waals surface area contributed by atoms with Gasteiger partial charge in [0.2, 0.25) is 0 Å². The van der Waals surface area contributed by atoms with Crippen LogP contribution < -0.4 is 4.74 Å². The van der Waals surface area contributed by atoms with E-state index in [1.54, 1.807) is 0 Å². The lowest BCUT2D eigenvalue weighted by Crippen LogP contribution is -2.15. The van der Waals surface area contributed by atoms with Gasteiger partial charge in [-0.05, 0) is 31.5 Å². The lowest BCUT2D eigenvalue weighted by atomic mass is 10.1. The summed E-state index contributed by atoms with van der Waals surface area (Å²) >= 11 is 0. The Morgan fingerprint density at radius 2 is 2.26 bits per heavy atom. The second-order valence-corrected chi connectivity index (χ2v) is 5.96. The van der Waals surface area contributed by atoms with Gasteiger partial charge in [0.25, 0.3) is 0 Å². The van der Waals surface area contributed by atoms with Gasteiger partial charge in [-0.25, -0.2) is 4.98 Å². The van der Waals surface area contributed by atoms with Crippen LogP contribution in [-0.4, -0.2) is 39.1 Å². The van der Waals surface area contributed by atoms with Gasteiger partial charge in [0.1, 0.15) is 17.1 Å². The van der Waals surface area contributed by atoms with E-state index in [2.05, 4.69) is 26.7 Å². The number of ether oxygens (including phenoxy) is 2. The van der Waals surface area contributed by atoms with E-state index in [1.165, 1.54) is 0 Å². The van der Waals surface area contributed by atoms with Crippen LogP contribution >= 0.6 is 0 Å². The van der Waals surface area contributed by atoms with Crippen LogP contribution in [0.1, 0.15) is 19.8 Å². The van der Waals surface area contributed by atoms with Crippen LogP contribution in [0.25, 0.3) is 22.3 Å². The first-order chi connectivity index (χ1) is 11.3. The maximum atomic E-state index is 6.01. The second-order valence-electron chi connectivity index (χ2n) is 5.96. The maximum Gasteiger partial charge on any atom is 0.120 e. The number of fused-ring (bicyclic) bond motifs is 4. The summed E-state index contributed by atoms with van der Waals surface area (Å²) in [6, 6.07) is 6.00. The fourth-order valence-electron chi connectivity index (χ4n) is 2.86. The zero-order chi connectivity index (χ0) is 15.6. The van der Waals surface area contributed by atoms with E-state index >= 15 is 0 Å². The molecular formula is C17H20N4O2. The molecule has 6 nitrogen and oxygen atoms in total. The van der Waals surface area contributed by atoms with E-state index in [1.807, 2.05) is 30.7 Å². The Kier molecular flexibility index (Phi) is 3.75. The number of aryl methyl sites for hydroxylation is 1. The van der Waals surface area contributed by atoms with Gasteiger partial charge in [0.15, 0.2) is 0 Å². The number of hydrogen-bond acceptors (Lipinski definition) is 4. The molecule has 0 saturated carbocycles. The van der Waals surface area contributed by atoms with Crippen LogP contribution in [0, 0.1) is 0 Å². The quantitative estimate of drug-likeness (QED) is 0.693. The van der Waals surface area contributed by atoms with Gasteiger partial charge < -0.3 is 14.0 Å². The normalized spacial score (nSPS) is 19.3. The third-order valence-electron chi connectivity index (χ3n) is 4.12. The predicted molar refractivity (Wildman–Crippen MR) is 87.5 cm³/mol. The monoisotopic (exact) mass is 312 g/mol. The summed E-state index contributed by atoms with van der Waals surface area (Å²) in [7, 11) is 0. The number of rotatable bonds is 0. The molecule has 3 aromatic rings. The zero-order valence-corrected chi connectivity index (χ0v) is 13.2. The van der Waals surface area contributed by atoms with Crippen molar-refractivity contribution >= 4 is 10.9 Å². The Morgan fingerprint density at radius 1 is 1.30 bits per heavy atom. The maximum absolute atomic E-state index is 6.01. The SMILES string of the molecule is C[C@H]1CCOCCCn2cnc(c2)-c2n[nH]c3ccc(cc23)O1. The molecule has 2 aromatic heterocycles. The number of benzene rings is 1. The Bertz CT molecular complexity index is 808. The van der Waals surface area contributed by atoms with Gasteiger partial charge >= 0.3 is 0 Å². The molecule has 3 heterocycles. The van der Waals surface area contributed by atoms with Crippen molar-refractivity contribution < 1.29 is 9.47 Å². The number of nitrogens with one attached hydrogen (secondary N) is 1. The molecule has 0 unspecified atom stereocenters. The topological polar surface area (TPSA) is 65.0 Å². The molecule has 4 rings (SSSR count). The highest BCUT2D eigenvalue weighted by Crippen LogP contribution is 2.29. The Morgan fingerprint density at radius 3 is 3.22 bits per heavy atom. The van der Waals surface area contributed by atoms with Crippen molar-refractivity contribution in [2.45, 2.75) is 32.4 Å². The summed E-state index contributed by atoms with van der Waals surface area (Å²) in [5.41, 5.74) is 2.72. The molecule has 0 fully saturated rings. The molecule has 120 valence electrons. The summed E-state index contributed by atoms with van der Waals surface area (Å²) in [6.07, 6.45) is 5.85. The second kappa shape index (κ2) is 6.04. The fraction of sp³-hybridized carbons (Fsp3) is 0.412. The van der Waals surface area contributed by atoms with Gasteiger partial charge in [0.05, 0.1) is 24.6 Å². The Hall–Kier alpha value is -2.34. The van der Waals surface area contributed by atoms with Gasteiger partial charge in [-0.3, -0.25) is 5.10 Å². The molecular weight excluding hydrogens is 292 g/mol. The smallest absolute Gasteiger partial charge is 0.120 e. The van der Waals surface area contributed by atoms with E-state index < -0.39 is 0 Å². The minimum Gasteiger partial charge on any atom is -0.491 e. The molecule has 1 N–H and O–H groups in total. The lowest BCUT2D eigenvalue weighted by Gasteiger charge is -2.15. The average Bonchev–Trinajstić information content (AvgIpc) is 3.16. The number of hydrogen-bond donors (Lipinski definition) is 1. The van der Waals surface area contributed by atoms with E-state index in [4.69, 9.17) is 9.47 Å². The molecule has 0 aliphatic carbocycles. The van der Waals surface area contributed by atoms with Crippen LogP contribution in [0.3, 0.4) is 0 Å². The molecule has 0 amide bonds. The summed E-state index contributed by atoms with van der Waals surface area (Å²) in [5, 5.41) is 8.53. The van der Waals surface area contributed by atoms with Crippen molar-refractivity contribution in [1.82, 2.24) is 19.7 Å². The number of imidazole rings is 1. The van der Waals surface area contributed by atoms with E-state index in [0.29, 0.717) is 0 Å². The Balaban J connectivity index is 1.76. The summed E-state index contributed by atoms with van der Waals surface area (Å²) in [5.74, 6) is 0.849. The average molecular weight is 312 g/mol. The van der Waals surface area contributed by atoms with E-state index in [-0.39, 0.29) is 6.10 Å². The molecule has 1 atom stereocenters. The van der Waals surface area contributed by atoms with Crippen LogP contribution in [-0.2, 0) is 11.3 Å². The largest absolute Gasteiger partial charge is 0.491 e. The highest BCUT2D eigenvalue weighted by molar-refractivity contribution is 5.92. The van der Waals surface area contributed by atoms with Crippen molar-refractivity contribution in [1.29, 1.82) is 0 Å². The Labute approximate surface area is 134 Å². The molecule has 0 saturated heterocycles. The highest BCUT2D eigenvalue weighted by atomic mass is 16.5. The third kappa shape index (κ3) is 2.94. The summed E-state index contributed by atoms with van der Waals surface area (Å²) < 4.78 is 13.8. The molecule has 1 aliphatic heterocycles. The van der Waals surface area contributed by atoms with Crippen LogP contribution in [0.15, 0.2) is 30.7 Å². The molecule has 23 heavy (non-hydrogen) atoms.